The summed E-state index contributed by atoms with van der Waals surface area (Å²) in [5.74, 6) is 1.61. The van der Waals surface area contributed by atoms with E-state index in [4.69, 9.17) is 9.72 Å². The summed E-state index contributed by atoms with van der Waals surface area (Å²) in [4.78, 5) is 9.39. The van der Waals surface area contributed by atoms with Gasteiger partial charge < -0.3 is 25.4 Å². The van der Waals surface area contributed by atoms with E-state index in [1.807, 2.05) is 6.07 Å². The Hall–Kier alpha value is -2.53. The second-order valence-corrected chi connectivity index (χ2v) is 7.70. The maximum Gasteiger partial charge on any atom is 0.167 e. The zero-order valence-corrected chi connectivity index (χ0v) is 17.6. The van der Waals surface area contributed by atoms with E-state index in [9.17, 15) is 5.11 Å². The van der Waals surface area contributed by atoms with Crippen LogP contribution in [0.25, 0.3) is 16.9 Å². The Kier molecular flexibility index (Phi) is 6.00. The first-order chi connectivity index (χ1) is 14.6. The lowest BCUT2D eigenvalue weighted by Crippen LogP contribution is -2.41. The molecular weight excluding hydrogens is 384 g/mol. The molecule has 5 heterocycles. The number of nitrogens with two attached hydrogens (primary N) is 1. The van der Waals surface area contributed by atoms with Gasteiger partial charge >= 0.3 is 0 Å². The number of hydrogen-bond donors (Lipinski definition) is 3. The number of piperidine rings is 1. The number of likely N-dealkylation sites (tertiary alicyclic amines) is 1. The van der Waals surface area contributed by atoms with Crippen molar-refractivity contribution in [2.75, 3.05) is 58.4 Å². The number of morpholine rings is 1. The van der Waals surface area contributed by atoms with Crippen molar-refractivity contribution in [1.29, 1.82) is 0 Å². The molecule has 0 aromatic carbocycles. The number of fused-ring (bicyclic) bond motifs is 1. The number of pyridine rings is 1. The zero-order chi connectivity index (χ0) is 21.1. The molecule has 0 aliphatic carbocycles. The Balaban J connectivity index is 0.00000106. The average Bonchev–Trinajstić information content (AvgIpc) is 3.47. The minimum absolute atomic E-state index is 0.684. The number of rotatable bonds is 3. The average molecular weight is 415 g/mol. The Morgan fingerprint density at radius 3 is 2.57 bits per heavy atom. The van der Waals surface area contributed by atoms with Crippen molar-refractivity contribution in [3.05, 3.63) is 30.1 Å². The SMILES string of the molecule is CN.CN1CCC(O)(c2cc(N3CCOCC3)nc3c2cnn3-c2ccn[nH]2)CC1. The predicted molar refractivity (Wildman–Crippen MR) is 115 cm³/mol. The van der Waals surface area contributed by atoms with Crippen LogP contribution in [0.2, 0.25) is 0 Å². The molecular formula is C20H30N8O2. The van der Waals surface area contributed by atoms with Gasteiger partial charge in [-0.15, -0.1) is 0 Å². The van der Waals surface area contributed by atoms with Gasteiger partial charge in [-0.2, -0.15) is 14.9 Å². The third-order valence-corrected chi connectivity index (χ3v) is 5.89. The van der Waals surface area contributed by atoms with Gasteiger partial charge in [0.15, 0.2) is 11.5 Å². The van der Waals surface area contributed by atoms with Crippen LogP contribution in [0.5, 0.6) is 0 Å². The highest BCUT2D eigenvalue weighted by atomic mass is 16.5. The van der Waals surface area contributed by atoms with Gasteiger partial charge in [-0.25, -0.2) is 4.98 Å². The Labute approximate surface area is 175 Å². The highest BCUT2D eigenvalue weighted by Crippen LogP contribution is 2.38. The lowest BCUT2D eigenvalue weighted by atomic mass is 9.83. The highest BCUT2D eigenvalue weighted by molar-refractivity contribution is 5.83. The molecule has 10 heteroatoms. The summed E-state index contributed by atoms with van der Waals surface area (Å²) in [7, 11) is 3.59. The van der Waals surface area contributed by atoms with E-state index in [0.29, 0.717) is 26.1 Å². The number of nitrogens with zero attached hydrogens (tertiary/aromatic N) is 6. The van der Waals surface area contributed by atoms with Crippen molar-refractivity contribution < 1.29 is 9.84 Å². The third kappa shape index (κ3) is 3.79. The molecule has 2 fully saturated rings. The summed E-state index contributed by atoms with van der Waals surface area (Å²) < 4.78 is 7.26. The number of nitrogens with one attached hydrogen (secondary N) is 1. The van der Waals surface area contributed by atoms with Crippen molar-refractivity contribution in [3.63, 3.8) is 0 Å². The first kappa shape index (κ1) is 20.7. The van der Waals surface area contributed by atoms with Crippen LogP contribution < -0.4 is 10.6 Å². The Morgan fingerprint density at radius 2 is 1.90 bits per heavy atom. The summed E-state index contributed by atoms with van der Waals surface area (Å²) in [6.07, 6.45) is 4.89. The molecule has 0 amide bonds. The smallest absolute Gasteiger partial charge is 0.167 e. The molecule has 4 N–H and O–H groups in total. The van der Waals surface area contributed by atoms with E-state index in [1.54, 1.807) is 17.1 Å². The minimum Gasteiger partial charge on any atom is -0.385 e. The van der Waals surface area contributed by atoms with Gasteiger partial charge in [-0.3, -0.25) is 5.10 Å². The molecule has 0 unspecified atom stereocenters. The van der Waals surface area contributed by atoms with Crippen LogP contribution in [0.1, 0.15) is 18.4 Å². The number of aliphatic hydroxyl groups is 1. The first-order valence-electron chi connectivity index (χ1n) is 10.3. The standard InChI is InChI=1S/C19H25N7O2.CH5N/c1-24-6-3-19(27,4-7-24)15-12-17(25-8-10-28-11-9-25)22-18-14(15)13-21-26(18)16-2-5-20-23-16;1-2/h2,5,12-13,27H,3-4,6-11H2,1H3,(H,20,23);2H2,1H3. The van der Waals surface area contributed by atoms with E-state index in [-0.39, 0.29) is 0 Å². The fraction of sp³-hybridized carbons (Fsp3) is 0.550. The zero-order valence-electron chi connectivity index (χ0n) is 17.6. The summed E-state index contributed by atoms with van der Waals surface area (Å²) in [5.41, 5.74) is 5.27. The monoisotopic (exact) mass is 414 g/mol. The van der Waals surface area contributed by atoms with E-state index < -0.39 is 5.60 Å². The van der Waals surface area contributed by atoms with Crippen LogP contribution in [-0.4, -0.2) is 88.5 Å². The number of anilines is 1. The lowest BCUT2D eigenvalue weighted by Gasteiger charge is -2.38. The largest absolute Gasteiger partial charge is 0.385 e. The Bertz CT molecular complexity index is 957. The van der Waals surface area contributed by atoms with Crippen molar-refractivity contribution in [2.24, 2.45) is 5.73 Å². The number of aromatic nitrogens is 5. The van der Waals surface area contributed by atoms with Crippen LogP contribution >= 0.6 is 0 Å². The molecule has 0 saturated carbocycles. The Morgan fingerprint density at radius 1 is 1.17 bits per heavy atom. The summed E-state index contributed by atoms with van der Waals surface area (Å²) in [6, 6.07) is 3.91. The number of hydrogen-bond acceptors (Lipinski definition) is 8. The molecule has 3 aromatic heterocycles. The molecule has 0 spiro atoms. The van der Waals surface area contributed by atoms with Gasteiger partial charge in [0.1, 0.15) is 5.82 Å². The molecule has 2 aliphatic heterocycles. The predicted octanol–water partition coefficient (Wildman–Crippen LogP) is 0.468. The normalized spacial score (nSPS) is 19.5. The second-order valence-electron chi connectivity index (χ2n) is 7.70. The van der Waals surface area contributed by atoms with E-state index in [2.05, 4.69) is 43.9 Å². The molecule has 3 aromatic rings. The van der Waals surface area contributed by atoms with Crippen molar-refractivity contribution >= 4 is 16.9 Å². The van der Waals surface area contributed by atoms with Crippen LogP contribution in [0, 0.1) is 0 Å². The van der Waals surface area contributed by atoms with Crippen LogP contribution in [0.3, 0.4) is 0 Å². The summed E-state index contributed by atoms with van der Waals surface area (Å²) in [6.45, 7) is 4.67. The van der Waals surface area contributed by atoms with Crippen LogP contribution in [0.4, 0.5) is 5.82 Å². The summed E-state index contributed by atoms with van der Waals surface area (Å²) in [5, 5.41) is 24.0. The minimum atomic E-state index is -0.878. The van der Waals surface area contributed by atoms with E-state index in [1.165, 1.54) is 7.05 Å². The maximum atomic E-state index is 11.6. The van der Waals surface area contributed by atoms with Crippen molar-refractivity contribution in [2.45, 2.75) is 18.4 Å². The molecule has 162 valence electrons. The summed E-state index contributed by atoms with van der Waals surface area (Å²) >= 11 is 0. The third-order valence-electron chi connectivity index (χ3n) is 5.89. The number of aromatic amines is 1. The van der Waals surface area contributed by atoms with Gasteiger partial charge in [-0.1, -0.05) is 0 Å². The number of H-pyrrole nitrogens is 1. The quantitative estimate of drug-likeness (QED) is 0.565. The van der Waals surface area contributed by atoms with E-state index >= 15 is 0 Å². The molecule has 0 bridgehead atoms. The van der Waals surface area contributed by atoms with E-state index in [0.717, 1.165) is 54.4 Å². The fourth-order valence-corrected chi connectivity index (χ4v) is 4.13. The van der Waals surface area contributed by atoms with Gasteiger partial charge in [0, 0.05) is 37.6 Å². The highest BCUT2D eigenvalue weighted by Gasteiger charge is 2.36. The van der Waals surface area contributed by atoms with Gasteiger partial charge in [0.25, 0.3) is 0 Å². The molecule has 5 rings (SSSR count). The van der Waals surface area contributed by atoms with Crippen molar-refractivity contribution in [3.8, 4) is 5.82 Å². The molecule has 2 aliphatic rings. The van der Waals surface area contributed by atoms with Gasteiger partial charge in [0.2, 0.25) is 0 Å². The molecule has 2 saturated heterocycles. The molecule has 30 heavy (non-hydrogen) atoms. The van der Waals surface area contributed by atoms with Crippen LogP contribution in [0.15, 0.2) is 24.5 Å². The lowest BCUT2D eigenvalue weighted by molar-refractivity contribution is -0.0191. The fourth-order valence-electron chi connectivity index (χ4n) is 4.13. The molecule has 10 nitrogen and oxygen atoms in total. The second kappa shape index (κ2) is 8.68. The topological polar surface area (TPSA) is 121 Å². The van der Waals surface area contributed by atoms with Gasteiger partial charge in [-0.05, 0) is 38.6 Å². The first-order valence-corrected chi connectivity index (χ1v) is 10.3. The van der Waals surface area contributed by atoms with Gasteiger partial charge in [0.05, 0.1) is 31.2 Å². The van der Waals surface area contributed by atoms with Crippen LogP contribution in [-0.2, 0) is 10.3 Å². The number of ether oxygens (including phenoxy) is 1. The molecule has 0 radical (unpaired) electrons. The maximum absolute atomic E-state index is 11.6. The van der Waals surface area contributed by atoms with Crippen molar-refractivity contribution in [1.82, 2.24) is 29.9 Å². The molecule has 0 atom stereocenters.